The van der Waals surface area contributed by atoms with E-state index in [1.165, 1.54) is 25.7 Å². The van der Waals surface area contributed by atoms with Gasteiger partial charge < -0.3 is 4.57 Å². The van der Waals surface area contributed by atoms with Crippen LogP contribution in [0.1, 0.15) is 37.4 Å². The lowest BCUT2D eigenvalue weighted by molar-refractivity contribution is 0.655. The molecular formula is C14H14Cl2N2. The van der Waals surface area contributed by atoms with Gasteiger partial charge in [-0.25, -0.2) is 4.98 Å². The first-order valence-corrected chi connectivity index (χ1v) is 7.00. The first-order chi connectivity index (χ1) is 8.75. The summed E-state index contributed by atoms with van der Waals surface area (Å²) in [5.41, 5.74) is 1.03. The molecule has 0 bridgehead atoms. The van der Waals surface area contributed by atoms with Gasteiger partial charge in [-0.2, -0.15) is 0 Å². The van der Waals surface area contributed by atoms with Crippen molar-refractivity contribution in [2.45, 2.75) is 31.6 Å². The van der Waals surface area contributed by atoms with Gasteiger partial charge in [0.2, 0.25) is 0 Å². The van der Waals surface area contributed by atoms with Gasteiger partial charge in [0, 0.05) is 24.0 Å². The van der Waals surface area contributed by atoms with Crippen LogP contribution in [0, 0.1) is 0 Å². The van der Waals surface area contributed by atoms with Gasteiger partial charge in [0.05, 0.1) is 10.0 Å². The summed E-state index contributed by atoms with van der Waals surface area (Å²) in [5, 5.41) is 1.17. The van der Waals surface area contributed by atoms with Crippen LogP contribution in [0.3, 0.4) is 0 Å². The summed E-state index contributed by atoms with van der Waals surface area (Å²) in [6.07, 6.45) is 8.93. The Hall–Kier alpha value is -0.990. The van der Waals surface area contributed by atoms with E-state index in [2.05, 4.69) is 9.55 Å². The Morgan fingerprint density at radius 3 is 2.61 bits per heavy atom. The maximum absolute atomic E-state index is 6.08. The molecule has 2 aromatic rings. The van der Waals surface area contributed by atoms with Crippen molar-refractivity contribution in [1.82, 2.24) is 9.55 Å². The third kappa shape index (κ3) is 2.15. The Balaban J connectivity index is 2.00. The van der Waals surface area contributed by atoms with Crippen LogP contribution in [0.25, 0.3) is 5.69 Å². The first-order valence-electron chi connectivity index (χ1n) is 6.24. The molecule has 0 unspecified atom stereocenters. The summed E-state index contributed by atoms with van der Waals surface area (Å²) in [6.45, 7) is 0. The minimum atomic E-state index is 0.578. The van der Waals surface area contributed by atoms with E-state index >= 15 is 0 Å². The van der Waals surface area contributed by atoms with Crippen LogP contribution in [-0.4, -0.2) is 9.55 Å². The number of imidazole rings is 1. The smallest absolute Gasteiger partial charge is 0.116 e. The van der Waals surface area contributed by atoms with Gasteiger partial charge in [-0.15, -0.1) is 0 Å². The van der Waals surface area contributed by atoms with Crippen LogP contribution >= 0.6 is 23.2 Å². The SMILES string of the molecule is Clc1ccc(-n2ccnc2C2CCCC2)cc1Cl. The summed E-state index contributed by atoms with van der Waals surface area (Å²) in [6, 6.07) is 5.70. The molecule has 1 fully saturated rings. The lowest BCUT2D eigenvalue weighted by atomic mass is 10.1. The minimum absolute atomic E-state index is 0.578. The predicted molar refractivity (Wildman–Crippen MR) is 74.8 cm³/mol. The molecule has 0 saturated heterocycles. The lowest BCUT2D eigenvalue weighted by Gasteiger charge is -2.13. The van der Waals surface area contributed by atoms with Gasteiger partial charge in [0.1, 0.15) is 5.82 Å². The standard InChI is InChI=1S/C14H14Cl2N2/c15-12-6-5-11(9-13(12)16)18-8-7-17-14(18)10-3-1-2-4-10/h5-10H,1-4H2. The van der Waals surface area contributed by atoms with Crippen molar-refractivity contribution < 1.29 is 0 Å². The first kappa shape index (κ1) is 12.1. The molecule has 1 saturated carbocycles. The fraction of sp³-hybridized carbons (Fsp3) is 0.357. The van der Waals surface area contributed by atoms with Crippen LogP contribution in [-0.2, 0) is 0 Å². The molecular weight excluding hydrogens is 267 g/mol. The number of rotatable bonds is 2. The van der Waals surface area contributed by atoms with Crippen molar-refractivity contribution in [2.24, 2.45) is 0 Å². The molecule has 2 nitrogen and oxygen atoms in total. The maximum Gasteiger partial charge on any atom is 0.116 e. The Labute approximate surface area is 117 Å². The second kappa shape index (κ2) is 4.94. The number of nitrogens with zero attached hydrogens (tertiary/aromatic N) is 2. The number of hydrogen-bond acceptors (Lipinski definition) is 1. The topological polar surface area (TPSA) is 17.8 Å². The van der Waals surface area contributed by atoms with Crippen molar-refractivity contribution in [3.05, 3.63) is 46.5 Å². The highest BCUT2D eigenvalue weighted by atomic mass is 35.5. The fourth-order valence-corrected chi connectivity index (χ4v) is 2.95. The highest BCUT2D eigenvalue weighted by molar-refractivity contribution is 6.42. The second-order valence-corrected chi connectivity index (χ2v) is 5.55. The van der Waals surface area contributed by atoms with Crippen LogP contribution in [0.2, 0.25) is 10.0 Å². The maximum atomic E-state index is 6.08. The van der Waals surface area contributed by atoms with E-state index in [9.17, 15) is 0 Å². The van der Waals surface area contributed by atoms with Gasteiger partial charge in [0.25, 0.3) is 0 Å². The number of benzene rings is 1. The van der Waals surface area contributed by atoms with Crippen LogP contribution in [0.5, 0.6) is 0 Å². The van der Waals surface area contributed by atoms with E-state index in [0.717, 1.165) is 11.5 Å². The van der Waals surface area contributed by atoms with Crippen molar-refractivity contribution >= 4 is 23.2 Å². The molecule has 0 spiro atoms. The average molecular weight is 281 g/mol. The molecule has 1 aliphatic carbocycles. The van der Waals surface area contributed by atoms with E-state index in [1.54, 1.807) is 0 Å². The molecule has 0 atom stereocenters. The third-order valence-electron chi connectivity index (χ3n) is 3.57. The van der Waals surface area contributed by atoms with Crippen molar-refractivity contribution in [3.8, 4) is 5.69 Å². The van der Waals surface area contributed by atoms with Gasteiger partial charge >= 0.3 is 0 Å². The number of aromatic nitrogens is 2. The van der Waals surface area contributed by atoms with Gasteiger partial charge in [-0.1, -0.05) is 36.0 Å². The molecule has 18 heavy (non-hydrogen) atoms. The average Bonchev–Trinajstić information content (AvgIpc) is 3.00. The molecule has 4 heteroatoms. The molecule has 0 radical (unpaired) electrons. The molecule has 3 rings (SSSR count). The molecule has 0 aliphatic heterocycles. The fourth-order valence-electron chi connectivity index (χ4n) is 2.65. The summed E-state index contributed by atoms with van der Waals surface area (Å²) in [4.78, 5) is 4.51. The van der Waals surface area contributed by atoms with Crippen molar-refractivity contribution in [1.29, 1.82) is 0 Å². The van der Waals surface area contributed by atoms with Crippen LogP contribution in [0.15, 0.2) is 30.6 Å². The van der Waals surface area contributed by atoms with Crippen molar-refractivity contribution in [2.75, 3.05) is 0 Å². The highest BCUT2D eigenvalue weighted by Gasteiger charge is 2.21. The normalized spacial score (nSPS) is 16.3. The zero-order chi connectivity index (χ0) is 12.5. The summed E-state index contributed by atoms with van der Waals surface area (Å²) in [7, 11) is 0. The van der Waals surface area contributed by atoms with E-state index < -0.39 is 0 Å². The molecule has 1 heterocycles. The predicted octanol–water partition coefficient (Wildman–Crippen LogP) is 4.84. The second-order valence-electron chi connectivity index (χ2n) is 4.74. The number of hydrogen-bond donors (Lipinski definition) is 0. The molecule has 94 valence electrons. The van der Waals surface area contributed by atoms with E-state index in [1.807, 2.05) is 30.6 Å². The van der Waals surface area contributed by atoms with E-state index in [4.69, 9.17) is 23.2 Å². The molecule has 0 N–H and O–H groups in total. The highest BCUT2D eigenvalue weighted by Crippen LogP contribution is 2.34. The Bertz CT molecular complexity index is 557. The summed E-state index contributed by atoms with van der Waals surface area (Å²) < 4.78 is 2.12. The van der Waals surface area contributed by atoms with Crippen molar-refractivity contribution in [3.63, 3.8) is 0 Å². The molecule has 1 aliphatic rings. The number of halogens is 2. The summed E-state index contributed by atoms with van der Waals surface area (Å²) in [5.74, 6) is 1.72. The minimum Gasteiger partial charge on any atom is -0.303 e. The van der Waals surface area contributed by atoms with Gasteiger partial charge in [0.15, 0.2) is 0 Å². The Morgan fingerprint density at radius 1 is 1.11 bits per heavy atom. The van der Waals surface area contributed by atoms with E-state index in [-0.39, 0.29) is 0 Å². The lowest BCUT2D eigenvalue weighted by Crippen LogP contribution is -2.04. The van der Waals surface area contributed by atoms with Gasteiger partial charge in [-0.05, 0) is 31.0 Å². The molecule has 1 aromatic heterocycles. The largest absolute Gasteiger partial charge is 0.303 e. The third-order valence-corrected chi connectivity index (χ3v) is 4.31. The molecule has 0 amide bonds. The summed E-state index contributed by atoms with van der Waals surface area (Å²) >= 11 is 12.0. The zero-order valence-electron chi connectivity index (χ0n) is 9.94. The van der Waals surface area contributed by atoms with Crippen LogP contribution < -0.4 is 0 Å². The van der Waals surface area contributed by atoms with E-state index in [0.29, 0.717) is 16.0 Å². The monoisotopic (exact) mass is 280 g/mol. The Morgan fingerprint density at radius 2 is 1.89 bits per heavy atom. The van der Waals surface area contributed by atoms with Gasteiger partial charge in [-0.3, -0.25) is 0 Å². The van der Waals surface area contributed by atoms with Crippen LogP contribution in [0.4, 0.5) is 0 Å². The quantitative estimate of drug-likeness (QED) is 0.770. The Kier molecular flexibility index (Phi) is 3.31. The molecule has 1 aromatic carbocycles. The zero-order valence-corrected chi connectivity index (χ0v) is 11.5.